The average Bonchev–Trinajstić information content (AvgIpc) is 2.62. The molecule has 0 heterocycles. The van der Waals surface area contributed by atoms with E-state index in [1.165, 1.54) is 6.92 Å². The van der Waals surface area contributed by atoms with Gasteiger partial charge in [0.2, 0.25) is 9.05 Å². The maximum Gasteiger partial charge on any atom is 0.302 e. The minimum absolute atomic E-state index is 0.102. The Balaban J connectivity index is 2.44. The van der Waals surface area contributed by atoms with Crippen molar-refractivity contribution in [3.8, 4) is 0 Å². The molecule has 1 aliphatic rings. The van der Waals surface area contributed by atoms with E-state index < -0.39 is 20.4 Å². The van der Waals surface area contributed by atoms with Crippen LogP contribution in [0.3, 0.4) is 0 Å². The van der Waals surface area contributed by atoms with E-state index in [4.69, 9.17) is 15.4 Å². The zero-order chi connectivity index (χ0) is 10.1. The van der Waals surface area contributed by atoms with Gasteiger partial charge < -0.3 is 4.74 Å². The van der Waals surface area contributed by atoms with Gasteiger partial charge in [0.15, 0.2) is 0 Å². The second kappa shape index (κ2) is 3.46. The van der Waals surface area contributed by atoms with Crippen molar-refractivity contribution in [2.75, 3.05) is 12.4 Å². The molecule has 0 N–H and O–H groups in total. The smallest absolute Gasteiger partial charge is 0.302 e. The van der Waals surface area contributed by atoms with Crippen LogP contribution >= 0.6 is 10.7 Å². The molecule has 0 aromatic heterocycles. The molecule has 1 aliphatic carbocycles. The SMILES string of the molecule is CC(=O)OCC1(CS(=O)(=O)Cl)CC1. The summed E-state index contributed by atoms with van der Waals surface area (Å²) in [5, 5.41) is 0. The van der Waals surface area contributed by atoms with Gasteiger partial charge in [-0.2, -0.15) is 0 Å². The monoisotopic (exact) mass is 226 g/mol. The molecule has 0 aromatic rings. The normalized spacial score (nSPS) is 19.5. The third-order valence-corrected chi connectivity index (χ3v) is 3.30. The molecule has 13 heavy (non-hydrogen) atoms. The minimum Gasteiger partial charge on any atom is -0.465 e. The van der Waals surface area contributed by atoms with Crippen LogP contribution in [0.5, 0.6) is 0 Å². The molecule has 0 saturated heterocycles. The Morgan fingerprint density at radius 2 is 2.08 bits per heavy atom. The summed E-state index contributed by atoms with van der Waals surface area (Å²) in [6.07, 6.45) is 1.51. The summed E-state index contributed by atoms with van der Waals surface area (Å²) >= 11 is 0. The largest absolute Gasteiger partial charge is 0.465 e. The van der Waals surface area contributed by atoms with Crippen LogP contribution in [0, 0.1) is 5.41 Å². The predicted molar refractivity (Wildman–Crippen MR) is 47.9 cm³/mol. The minimum atomic E-state index is -3.49. The summed E-state index contributed by atoms with van der Waals surface area (Å²) in [4.78, 5) is 10.5. The zero-order valence-electron chi connectivity index (χ0n) is 7.25. The average molecular weight is 227 g/mol. The molecule has 0 spiro atoms. The van der Waals surface area contributed by atoms with Gasteiger partial charge in [0.1, 0.15) is 0 Å². The van der Waals surface area contributed by atoms with Gasteiger partial charge in [-0.15, -0.1) is 0 Å². The highest BCUT2D eigenvalue weighted by Gasteiger charge is 2.46. The van der Waals surface area contributed by atoms with Gasteiger partial charge >= 0.3 is 5.97 Å². The molecule has 0 aromatic carbocycles. The summed E-state index contributed by atoms with van der Waals surface area (Å²) in [5.41, 5.74) is -0.397. The number of rotatable bonds is 4. The fourth-order valence-corrected chi connectivity index (χ4v) is 2.93. The first kappa shape index (κ1) is 10.8. The van der Waals surface area contributed by atoms with Crippen LogP contribution in [-0.2, 0) is 18.6 Å². The van der Waals surface area contributed by atoms with Crippen LogP contribution in [-0.4, -0.2) is 26.7 Å². The topological polar surface area (TPSA) is 60.4 Å². The zero-order valence-corrected chi connectivity index (χ0v) is 8.82. The van der Waals surface area contributed by atoms with Gasteiger partial charge in [-0.05, 0) is 12.8 Å². The van der Waals surface area contributed by atoms with Gasteiger partial charge in [0.05, 0.1) is 12.4 Å². The first-order chi connectivity index (χ1) is 5.83. The lowest BCUT2D eigenvalue weighted by Gasteiger charge is -2.11. The highest BCUT2D eigenvalue weighted by Crippen LogP contribution is 2.47. The third kappa shape index (κ3) is 3.95. The summed E-state index contributed by atoms with van der Waals surface area (Å²) in [6, 6.07) is 0. The highest BCUT2D eigenvalue weighted by molar-refractivity contribution is 8.13. The highest BCUT2D eigenvalue weighted by atomic mass is 35.7. The second-order valence-electron chi connectivity index (χ2n) is 3.46. The molecule has 1 rings (SSSR count). The first-order valence-electron chi connectivity index (χ1n) is 3.89. The van der Waals surface area contributed by atoms with E-state index >= 15 is 0 Å². The van der Waals surface area contributed by atoms with Gasteiger partial charge in [0, 0.05) is 23.0 Å². The number of esters is 1. The fourth-order valence-electron chi connectivity index (χ4n) is 1.13. The summed E-state index contributed by atoms with van der Waals surface area (Å²) in [6.45, 7) is 1.46. The molecular formula is C7H11ClO4S. The molecular weight excluding hydrogens is 216 g/mol. The van der Waals surface area contributed by atoms with Crippen molar-refractivity contribution in [2.45, 2.75) is 19.8 Å². The van der Waals surface area contributed by atoms with E-state index in [0.717, 1.165) is 12.8 Å². The summed E-state index contributed by atoms with van der Waals surface area (Å²) in [7, 11) is 1.62. The van der Waals surface area contributed by atoms with Gasteiger partial charge in [0.25, 0.3) is 0 Å². The lowest BCUT2D eigenvalue weighted by atomic mass is 10.2. The molecule has 0 atom stereocenters. The van der Waals surface area contributed by atoms with Crippen molar-refractivity contribution in [1.29, 1.82) is 0 Å². The maximum absolute atomic E-state index is 10.8. The summed E-state index contributed by atoms with van der Waals surface area (Å²) in [5.74, 6) is -0.493. The van der Waals surface area contributed by atoms with Crippen LogP contribution in [0.1, 0.15) is 19.8 Å². The van der Waals surface area contributed by atoms with Crippen LogP contribution in [0.15, 0.2) is 0 Å². The molecule has 0 amide bonds. The van der Waals surface area contributed by atoms with Crippen molar-refractivity contribution < 1.29 is 17.9 Å². The van der Waals surface area contributed by atoms with Crippen molar-refractivity contribution in [2.24, 2.45) is 5.41 Å². The molecule has 6 heteroatoms. The van der Waals surface area contributed by atoms with Crippen molar-refractivity contribution in [3.63, 3.8) is 0 Å². The van der Waals surface area contributed by atoms with E-state index in [1.54, 1.807) is 0 Å². The Labute approximate surface area is 81.6 Å². The number of hydrogen-bond donors (Lipinski definition) is 0. The van der Waals surface area contributed by atoms with E-state index in [2.05, 4.69) is 0 Å². The number of hydrogen-bond acceptors (Lipinski definition) is 4. The van der Waals surface area contributed by atoms with Crippen LogP contribution in [0.2, 0.25) is 0 Å². The van der Waals surface area contributed by atoms with Gasteiger partial charge in [-0.25, -0.2) is 8.42 Å². The van der Waals surface area contributed by atoms with Crippen molar-refractivity contribution >= 4 is 25.7 Å². The molecule has 76 valence electrons. The van der Waals surface area contributed by atoms with E-state index in [9.17, 15) is 13.2 Å². The number of ether oxygens (including phenoxy) is 1. The standard InChI is InChI=1S/C7H11ClO4S/c1-6(9)12-4-7(2-3-7)5-13(8,10)11/h2-5H2,1H3. The number of carbonyl (C=O) groups excluding carboxylic acids is 1. The molecule has 1 saturated carbocycles. The molecule has 0 bridgehead atoms. The molecule has 0 aliphatic heterocycles. The molecule has 0 radical (unpaired) electrons. The van der Waals surface area contributed by atoms with E-state index in [1.807, 2.05) is 0 Å². The lowest BCUT2D eigenvalue weighted by Crippen LogP contribution is -2.20. The van der Waals surface area contributed by atoms with Crippen LogP contribution in [0.25, 0.3) is 0 Å². The maximum atomic E-state index is 10.8. The van der Waals surface area contributed by atoms with Crippen LogP contribution < -0.4 is 0 Å². The van der Waals surface area contributed by atoms with Gasteiger partial charge in [-0.3, -0.25) is 4.79 Å². The Hall–Kier alpha value is -0.290. The van der Waals surface area contributed by atoms with E-state index in [0.29, 0.717) is 0 Å². The second-order valence-corrected chi connectivity index (χ2v) is 6.24. The van der Waals surface area contributed by atoms with Crippen molar-refractivity contribution in [1.82, 2.24) is 0 Å². The van der Waals surface area contributed by atoms with Crippen LogP contribution in [0.4, 0.5) is 0 Å². The Morgan fingerprint density at radius 1 is 1.54 bits per heavy atom. The first-order valence-corrected chi connectivity index (χ1v) is 6.37. The fraction of sp³-hybridized carbons (Fsp3) is 0.857. The predicted octanol–water partition coefficient (Wildman–Crippen LogP) is 0.898. The molecule has 0 unspecified atom stereocenters. The third-order valence-electron chi connectivity index (χ3n) is 2.02. The van der Waals surface area contributed by atoms with Gasteiger partial charge in [-0.1, -0.05) is 0 Å². The number of halogens is 1. The lowest BCUT2D eigenvalue weighted by molar-refractivity contribution is -0.142. The Morgan fingerprint density at radius 3 is 2.38 bits per heavy atom. The molecule has 4 nitrogen and oxygen atoms in total. The Kier molecular flexibility index (Phi) is 2.87. The Bertz CT molecular complexity index is 304. The van der Waals surface area contributed by atoms with E-state index in [-0.39, 0.29) is 12.4 Å². The summed E-state index contributed by atoms with van der Waals surface area (Å²) < 4.78 is 26.3. The quantitative estimate of drug-likeness (QED) is 0.528. The number of carbonyl (C=O) groups is 1. The van der Waals surface area contributed by atoms with Crippen molar-refractivity contribution in [3.05, 3.63) is 0 Å². The molecule has 1 fully saturated rings.